The van der Waals surface area contributed by atoms with Crippen molar-refractivity contribution >= 4 is 35.1 Å². The first-order valence-corrected chi connectivity index (χ1v) is 7.23. The van der Waals surface area contributed by atoms with Crippen LogP contribution in [-0.2, 0) is 4.79 Å². The zero-order valence-electron chi connectivity index (χ0n) is 10.8. The molecule has 1 saturated heterocycles. The van der Waals surface area contributed by atoms with E-state index in [1.54, 1.807) is 23.1 Å². The van der Waals surface area contributed by atoms with Gasteiger partial charge in [0.2, 0.25) is 0 Å². The second-order valence-electron chi connectivity index (χ2n) is 4.85. The van der Waals surface area contributed by atoms with E-state index in [1.807, 2.05) is 0 Å². The summed E-state index contributed by atoms with van der Waals surface area (Å²) in [4.78, 5) is 25.1. The minimum Gasteiger partial charge on any atom is -0.481 e. The number of likely N-dealkylation sites (tertiary alicyclic amines) is 1. The fourth-order valence-electron chi connectivity index (χ4n) is 2.51. The summed E-state index contributed by atoms with van der Waals surface area (Å²) in [5, 5.41) is 9.49. The smallest absolute Gasteiger partial charge is 0.305 e. The Morgan fingerprint density at radius 1 is 1.30 bits per heavy atom. The summed E-state index contributed by atoms with van der Waals surface area (Å²) in [6.45, 7) is 0.555. The fraction of sp³-hybridized carbons (Fsp3) is 0.429. The van der Waals surface area contributed by atoms with Crippen molar-refractivity contribution in [2.24, 2.45) is 0 Å². The molecule has 6 heteroatoms. The lowest BCUT2D eigenvalue weighted by Gasteiger charge is -2.35. The van der Waals surface area contributed by atoms with Gasteiger partial charge in [-0.15, -0.1) is 0 Å². The predicted molar refractivity (Wildman–Crippen MR) is 77.4 cm³/mol. The Morgan fingerprint density at radius 2 is 2.05 bits per heavy atom. The van der Waals surface area contributed by atoms with Crippen LogP contribution < -0.4 is 0 Å². The predicted octanol–water partition coefficient (Wildman–Crippen LogP) is 3.46. The Labute approximate surface area is 127 Å². The summed E-state index contributed by atoms with van der Waals surface area (Å²) in [5.41, 5.74) is 0.330. The molecule has 1 amide bonds. The number of aliphatic carboxylic acids is 1. The molecular weight excluding hydrogens is 301 g/mol. The Balaban J connectivity index is 2.25. The van der Waals surface area contributed by atoms with Crippen LogP contribution in [0.3, 0.4) is 0 Å². The second-order valence-corrected chi connectivity index (χ2v) is 5.63. The molecule has 1 unspecified atom stereocenters. The molecule has 1 aromatic carbocycles. The highest BCUT2D eigenvalue weighted by atomic mass is 35.5. The number of hydrogen-bond acceptors (Lipinski definition) is 2. The molecule has 0 radical (unpaired) electrons. The SMILES string of the molecule is O=C(O)CC1CCCCN1C(=O)c1cccc(Cl)c1Cl. The zero-order chi connectivity index (χ0) is 14.7. The average Bonchev–Trinajstić information content (AvgIpc) is 2.41. The standard InChI is InChI=1S/C14H15Cl2NO3/c15-11-6-3-5-10(13(11)16)14(20)17-7-2-1-4-9(17)8-12(18)19/h3,5-6,9H,1-2,4,7-8H2,(H,18,19). The number of carboxylic acids is 1. The van der Waals surface area contributed by atoms with Crippen LogP contribution in [0.2, 0.25) is 10.0 Å². The van der Waals surface area contributed by atoms with Gasteiger partial charge in [-0.1, -0.05) is 29.3 Å². The van der Waals surface area contributed by atoms with Gasteiger partial charge in [0.1, 0.15) is 0 Å². The summed E-state index contributed by atoms with van der Waals surface area (Å²) < 4.78 is 0. The Kier molecular flexibility index (Phi) is 4.89. The maximum Gasteiger partial charge on any atom is 0.305 e. The molecule has 1 N–H and O–H groups in total. The highest BCUT2D eigenvalue weighted by Gasteiger charge is 2.30. The first kappa shape index (κ1) is 15.1. The molecule has 0 spiro atoms. The van der Waals surface area contributed by atoms with Gasteiger partial charge in [-0.2, -0.15) is 0 Å². The number of hydrogen-bond donors (Lipinski definition) is 1. The Morgan fingerprint density at radius 3 is 2.75 bits per heavy atom. The molecule has 0 aromatic heterocycles. The third-order valence-electron chi connectivity index (χ3n) is 3.48. The molecule has 20 heavy (non-hydrogen) atoms. The fourth-order valence-corrected chi connectivity index (χ4v) is 2.89. The van der Waals surface area contributed by atoms with Gasteiger partial charge in [0.15, 0.2) is 0 Å². The van der Waals surface area contributed by atoms with E-state index in [0.29, 0.717) is 23.6 Å². The number of carbonyl (C=O) groups is 2. The monoisotopic (exact) mass is 315 g/mol. The van der Waals surface area contributed by atoms with Gasteiger partial charge in [-0.25, -0.2) is 0 Å². The van der Waals surface area contributed by atoms with Gasteiger partial charge in [0.25, 0.3) is 5.91 Å². The van der Waals surface area contributed by atoms with Crippen molar-refractivity contribution in [1.29, 1.82) is 0 Å². The van der Waals surface area contributed by atoms with E-state index in [4.69, 9.17) is 28.3 Å². The molecule has 1 atom stereocenters. The first-order valence-electron chi connectivity index (χ1n) is 6.47. The van der Waals surface area contributed by atoms with E-state index in [0.717, 1.165) is 12.8 Å². The third kappa shape index (κ3) is 3.25. The van der Waals surface area contributed by atoms with Gasteiger partial charge in [0, 0.05) is 12.6 Å². The molecule has 108 valence electrons. The van der Waals surface area contributed by atoms with Crippen molar-refractivity contribution in [1.82, 2.24) is 4.90 Å². The van der Waals surface area contributed by atoms with Gasteiger partial charge in [0.05, 0.1) is 22.0 Å². The molecule has 1 heterocycles. The van der Waals surface area contributed by atoms with E-state index in [9.17, 15) is 9.59 Å². The molecule has 0 aliphatic carbocycles. The number of piperidine rings is 1. The minimum absolute atomic E-state index is 0.0378. The number of nitrogens with zero attached hydrogens (tertiary/aromatic N) is 1. The number of amides is 1. The van der Waals surface area contributed by atoms with Crippen LogP contribution in [0.1, 0.15) is 36.0 Å². The van der Waals surface area contributed by atoms with Crippen LogP contribution in [0.25, 0.3) is 0 Å². The van der Waals surface area contributed by atoms with Crippen LogP contribution in [-0.4, -0.2) is 34.5 Å². The first-order chi connectivity index (χ1) is 9.50. The van der Waals surface area contributed by atoms with Crippen molar-refractivity contribution in [2.75, 3.05) is 6.54 Å². The molecule has 1 aliphatic heterocycles. The van der Waals surface area contributed by atoms with Crippen LogP contribution in [0.4, 0.5) is 0 Å². The second kappa shape index (κ2) is 6.46. The van der Waals surface area contributed by atoms with E-state index in [-0.39, 0.29) is 23.4 Å². The Hall–Kier alpha value is -1.26. The third-order valence-corrected chi connectivity index (χ3v) is 4.30. The average molecular weight is 316 g/mol. The largest absolute Gasteiger partial charge is 0.481 e. The van der Waals surface area contributed by atoms with E-state index >= 15 is 0 Å². The summed E-state index contributed by atoms with van der Waals surface area (Å²) in [5.74, 6) is -1.14. The van der Waals surface area contributed by atoms with Gasteiger partial charge < -0.3 is 10.0 Å². The lowest BCUT2D eigenvalue weighted by atomic mass is 9.98. The molecule has 0 saturated carbocycles. The number of rotatable bonds is 3. The molecule has 0 bridgehead atoms. The maximum absolute atomic E-state index is 12.6. The lowest BCUT2D eigenvalue weighted by molar-refractivity contribution is -0.138. The topological polar surface area (TPSA) is 57.6 Å². The summed E-state index contributed by atoms with van der Waals surface area (Å²) >= 11 is 12.0. The number of carbonyl (C=O) groups excluding carboxylic acids is 1. The molecular formula is C14H15Cl2NO3. The normalized spacial score (nSPS) is 18.9. The van der Waals surface area contributed by atoms with E-state index in [1.165, 1.54) is 0 Å². The van der Waals surface area contributed by atoms with Crippen LogP contribution in [0.15, 0.2) is 18.2 Å². The van der Waals surface area contributed by atoms with Gasteiger partial charge in [-0.3, -0.25) is 9.59 Å². The summed E-state index contributed by atoms with van der Waals surface area (Å²) in [6, 6.07) is 4.62. The maximum atomic E-state index is 12.6. The highest BCUT2D eigenvalue weighted by Crippen LogP contribution is 2.29. The van der Waals surface area contributed by atoms with Crippen molar-refractivity contribution in [3.8, 4) is 0 Å². The number of carboxylic acid groups (broad SMARTS) is 1. The molecule has 4 nitrogen and oxygen atoms in total. The van der Waals surface area contributed by atoms with E-state index in [2.05, 4.69) is 0 Å². The molecule has 1 aromatic rings. The minimum atomic E-state index is -0.896. The Bertz CT molecular complexity index is 533. The quantitative estimate of drug-likeness (QED) is 0.929. The van der Waals surface area contributed by atoms with Gasteiger partial charge in [-0.05, 0) is 31.4 Å². The number of benzene rings is 1. The van der Waals surface area contributed by atoms with Crippen molar-refractivity contribution in [3.63, 3.8) is 0 Å². The van der Waals surface area contributed by atoms with Gasteiger partial charge >= 0.3 is 5.97 Å². The van der Waals surface area contributed by atoms with Crippen molar-refractivity contribution < 1.29 is 14.7 Å². The van der Waals surface area contributed by atoms with Crippen LogP contribution in [0.5, 0.6) is 0 Å². The highest BCUT2D eigenvalue weighted by molar-refractivity contribution is 6.43. The van der Waals surface area contributed by atoms with Crippen LogP contribution >= 0.6 is 23.2 Å². The van der Waals surface area contributed by atoms with Crippen molar-refractivity contribution in [3.05, 3.63) is 33.8 Å². The number of halogens is 2. The summed E-state index contributed by atoms with van der Waals surface area (Å²) in [7, 11) is 0. The van der Waals surface area contributed by atoms with E-state index < -0.39 is 5.97 Å². The zero-order valence-corrected chi connectivity index (χ0v) is 12.3. The van der Waals surface area contributed by atoms with Crippen LogP contribution in [0, 0.1) is 0 Å². The van der Waals surface area contributed by atoms with Crippen molar-refractivity contribution in [2.45, 2.75) is 31.7 Å². The molecule has 1 fully saturated rings. The molecule has 2 rings (SSSR count). The lowest BCUT2D eigenvalue weighted by Crippen LogP contribution is -2.44. The summed E-state index contributed by atoms with van der Waals surface area (Å²) in [6.07, 6.45) is 2.48. The molecule has 1 aliphatic rings.